The molecule has 35 heteroatoms. The summed E-state index contributed by atoms with van der Waals surface area (Å²) in [7, 11) is -4.48. The predicted molar refractivity (Wildman–Crippen MR) is 340 cm³/mol. The van der Waals surface area contributed by atoms with Crippen LogP contribution in [0, 0.1) is 19.8 Å². The van der Waals surface area contributed by atoms with E-state index in [2.05, 4.69) is 46.7 Å². The molecule has 0 radical (unpaired) electrons. The smallest absolute Gasteiger partial charge is 0.323 e. The second-order valence-corrected chi connectivity index (χ2v) is 24.8. The number of nitrogens with zero attached hydrogens (tertiary/aromatic N) is 7. The second kappa shape index (κ2) is 39.1. The average Bonchev–Trinajstić information content (AvgIpc) is 1.64. The lowest BCUT2D eigenvalue weighted by molar-refractivity contribution is -0.140. The zero-order valence-corrected chi connectivity index (χ0v) is 54.2. The number of aliphatic carboxylic acids is 6. The van der Waals surface area contributed by atoms with Crippen molar-refractivity contribution < 1.29 is 96.5 Å². The maximum Gasteiger partial charge on any atom is 0.323 e. The van der Waals surface area contributed by atoms with Gasteiger partial charge >= 0.3 is 35.8 Å². The standard InChI is InChI=1S/C60H88N14O20S/c1-39-29-44(30-40(2)56(39)95(92,93)69-46(60(90)91)34-66-57(87)41-9-12-47-43(31-41)33-67-74(47)19-6-16-62-48-7-3-4-15-61-48)94-28-5-8-49(75)63-17-18-64-59(89)45(11-14-52(79)80)68-58(88)42(10-13-51(77)78)32-65-50(76)35-70-20-22-71(36-53(81)82)24-26-73(38-55(85)86)27-25-72(23-21-70)37-54(83)84/h9,12,29-31,33,42,45-46,69H,3-8,10-11,13-28,32,34-38H2,1-2H3,(H,61,62)(H,63,75)(H,64,89)(H,65,76)(H,66,87)(H,68,88)(H,77,78)(H,79,80)(H,81,82)(H,83,84)(H,85,86)(H,90,91)/t42-,45?,46+/m1/s1. The molecule has 13 N–H and O–H groups in total. The lowest BCUT2D eigenvalue weighted by Crippen LogP contribution is -2.52. The number of sulfonamides is 1. The molecule has 1 saturated heterocycles. The van der Waals surface area contributed by atoms with Gasteiger partial charge in [0.05, 0.1) is 61.1 Å². The van der Waals surface area contributed by atoms with Crippen LogP contribution < -0.4 is 41.4 Å². The molecule has 1 unspecified atom stereocenters. The third-order valence-corrected chi connectivity index (χ3v) is 17.3. The van der Waals surface area contributed by atoms with Crippen molar-refractivity contribution in [1.82, 2.24) is 66.0 Å². The van der Waals surface area contributed by atoms with Gasteiger partial charge in [0.1, 0.15) is 17.8 Å². The Morgan fingerprint density at radius 3 is 1.74 bits per heavy atom. The number of amidine groups is 1. The number of benzene rings is 2. The Bertz CT molecular complexity index is 3270. The van der Waals surface area contributed by atoms with E-state index < -0.39 is 139 Å². The van der Waals surface area contributed by atoms with Crippen LogP contribution in [0.4, 0.5) is 0 Å². The number of hydrogen-bond acceptors (Lipinski definition) is 21. The molecule has 95 heavy (non-hydrogen) atoms. The summed E-state index contributed by atoms with van der Waals surface area (Å²) >= 11 is 0. The first kappa shape index (κ1) is 76.8. The van der Waals surface area contributed by atoms with Gasteiger partial charge in [0.15, 0.2) is 0 Å². The molecule has 3 heterocycles. The number of amides is 5. The van der Waals surface area contributed by atoms with Gasteiger partial charge in [0.2, 0.25) is 33.7 Å². The molecule has 0 spiro atoms. The third-order valence-electron chi connectivity index (χ3n) is 15.5. The highest BCUT2D eigenvalue weighted by atomic mass is 32.2. The number of rotatable bonds is 38. The highest BCUT2D eigenvalue weighted by molar-refractivity contribution is 7.89. The van der Waals surface area contributed by atoms with Gasteiger partial charge in [-0.15, -0.1) is 0 Å². The quantitative estimate of drug-likeness (QED) is 0.0281. The molecule has 524 valence electrons. The van der Waals surface area contributed by atoms with E-state index in [1.54, 1.807) is 44.0 Å². The number of carbonyl (C=O) groups excluding carboxylic acids is 5. The van der Waals surface area contributed by atoms with Crippen LogP contribution in [-0.2, 0) is 64.5 Å². The van der Waals surface area contributed by atoms with Gasteiger partial charge in [-0.2, -0.15) is 9.82 Å². The van der Waals surface area contributed by atoms with Gasteiger partial charge in [-0.1, -0.05) is 0 Å². The third kappa shape index (κ3) is 27.9. The summed E-state index contributed by atoms with van der Waals surface area (Å²) in [6.07, 6.45) is 3.88. The molecule has 5 amide bonds. The molecule has 3 atom stereocenters. The van der Waals surface area contributed by atoms with Crippen molar-refractivity contribution in [2.45, 2.75) is 102 Å². The van der Waals surface area contributed by atoms with E-state index in [9.17, 15) is 91.8 Å². The number of carboxylic acid groups (broad SMARTS) is 6. The molecule has 3 aromatic rings. The number of ether oxygens (including phenoxy) is 1. The Morgan fingerprint density at radius 1 is 0.600 bits per heavy atom. The maximum absolute atomic E-state index is 13.7. The molecule has 0 saturated carbocycles. The summed E-state index contributed by atoms with van der Waals surface area (Å²) in [5.41, 5.74) is 1.45. The van der Waals surface area contributed by atoms with Gasteiger partial charge < -0.3 is 67.3 Å². The number of carbonyl (C=O) groups is 11. The fraction of sp³-hybridized carbons (Fsp3) is 0.583. The normalized spacial score (nSPS) is 15.7. The molecule has 0 bridgehead atoms. The molecule has 0 aliphatic carbocycles. The summed E-state index contributed by atoms with van der Waals surface area (Å²) in [4.78, 5) is 148. The molecule has 2 aliphatic rings. The first-order valence-corrected chi connectivity index (χ1v) is 32.7. The minimum absolute atomic E-state index is 0.00161. The van der Waals surface area contributed by atoms with Crippen LogP contribution in [0.5, 0.6) is 5.75 Å². The van der Waals surface area contributed by atoms with Crippen LogP contribution in [0.2, 0.25) is 0 Å². The Labute approximate surface area is 548 Å². The van der Waals surface area contributed by atoms with Crippen molar-refractivity contribution in [2.24, 2.45) is 10.9 Å². The Morgan fingerprint density at radius 2 is 1.18 bits per heavy atom. The van der Waals surface area contributed by atoms with E-state index in [1.807, 2.05) is 4.68 Å². The number of carboxylic acids is 6. The fourth-order valence-corrected chi connectivity index (χ4v) is 12.2. The van der Waals surface area contributed by atoms with Gasteiger partial charge in [0, 0.05) is 135 Å². The van der Waals surface area contributed by atoms with Crippen molar-refractivity contribution >= 4 is 92.1 Å². The highest BCUT2D eigenvalue weighted by Gasteiger charge is 2.31. The lowest BCUT2D eigenvalue weighted by atomic mass is 10.0. The Balaban J connectivity index is 1.06. The lowest BCUT2D eigenvalue weighted by Gasteiger charge is -2.33. The Hall–Kier alpha value is -8.90. The summed E-state index contributed by atoms with van der Waals surface area (Å²) in [6, 6.07) is 4.59. The van der Waals surface area contributed by atoms with Gasteiger partial charge in [-0.05, 0) is 93.8 Å². The van der Waals surface area contributed by atoms with Gasteiger partial charge in [-0.25, -0.2) is 8.42 Å². The summed E-state index contributed by atoms with van der Waals surface area (Å²) in [5.74, 6) is -10.9. The van der Waals surface area contributed by atoms with Crippen LogP contribution in [0.15, 0.2) is 46.4 Å². The van der Waals surface area contributed by atoms with Crippen molar-refractivity contribution in [3.05, 3.63) is 53.2 Å². The van der Waals surface area contributed by atoms with E-state index in [0.717, 1.165) is 50.1 Å². The van der Waals surface area contributed by atoms with Crippen molar-refractivity contribution in [3.8, 4) is 5.75 Å². The number of nitrogens with one attached hydrogen (secondary N) is 7. The number of fused-ring (bicyclic) bond motifs is 1. The summed E-state index contributed by atoms with van der Waals surface area (Å²) in [6.45, 7) is 3.45. The van der Waals surface area contributed by atoms with Crippen LogP contribution in [0.25, 0.3) is 10.9 Å². The second-order valence-electron chi connectivity index (χ2n) is 23.1. The minimum Gasteiger partial charge on any atom is -0.494 e. The molecule has 2 aliphatic heterocycles. The minimum atomic E-state index is -4.48. The summed E-state index contributed by atoms with van der Waals surface area (Å²) in [5, 5.41) is 78.7. The SMILES string of the molecule is Cc1cc(OCCCC(=O)NCCNC(=O)C(CCC(=O)O)NC(=O)[C@H](CCC(=O)O)CNC(=O)CN2CCN(CC(=O)O)CCN(CC(=O)O)CCN(CC(=O)O)CC2)cc(C)c1S(=O)(=O)N[C@@H](CNC(=O)c1ccc2c(cnn2CCCNC2=NCCCC2)c1)C(=O)O. The Kier molecular flexibility index (Phi) is 31.6. The number of aliphatic imine (C=N–C) groups is 1. The zero-order chi connectivity index (χ0) is 69.6. The first-order chi connectivity index (χ1) is 45.1. The number of aromatic nitrogens is 2. The van der Waals surface area contributed by atoms with Gasteiger partial charge in [0.25, 0.3) is 5.91 Å². The molecular formula is C60H88N14O20S. The van der Waals surface area contributed by atoms with Crippen LogP contribution in [0.3, 0.4) is 0 Å². The van der Waals surface area contributed by atoms with Crippen molar-refractivity contribution in [2.75, 3.05) is 124 Å². The average molecular weight is 1360 g/mol. The van der Waals surface area contributed by atoms with Crippen LogP contribution in [0.1, 0.15) is 85.7 Å². The molecule has 2 aromatic carbocycles. The van der Waals surface area contributed by atoms with E-state index in [0.29, 0.717) is 11.9 Å². The zero-order valence-electron chi connectivity index (χ0n) is 53.3. The van der Waals surface area contributed by atoms with E-state index in [-0.39, 0.29) is 132 Å². The van der Waals surface area contributed by atoms with E-state index in [1.165, 1.54) is 26.0 Å². The molecule has 5 rings (SSSR count). The van der Waals surface area contributed by atoms with Crippen LogP contribution >= 0.6 is 0 Å². The maximum atomic E-state index is 13.7. The summed E-state index contributed by atoms with van der Waals surface area (Å²) < 4.78 is 37.2. The topological polar surface area (TPSA) is 480 Å². The number of hydrogen-bond donors (Lipinski definition) is 13. The molecule has 1 fully saturated rings. The van der Waals surface area contributed by atoms with Crippen molar-refractivity contribution in [1.29, 1.82) is 0 Å². The first-order valence-electron chi connectivity index (χ1n) is 31.3. The van der Waals surface area contributed by atoms with E-state index >= 15 is 0 Å². The largest absolute Gasteiger partial charge is 0.494 e. The molecule has 1 aromatic heterocycles. The molecule has 34 nitrogen and oxygen atoms in total. The van der Waals surface area contributed by atoms with Crippen molar-refractivity contribution in [3.63, 3.8) is 0 Å². The van der Waals surface area contributed by atoms with Gasteiger partial charge in [-0.3, -0.25) is 82.0 Å². The highest BCUT2D eigenvalue weighted by Crippen LogP contribution is 2.27. The molecular weight excluding hydrogens is 1270 g/mol. The number of aryl methyl sites for hydroxylation is 3. The van der Waals surface area contributed by atoms with E-state index in [4.69, 9.17) is 4.74 Å². The monoisotopic (exact) mass is 1360 g/mol. The van der Waals surface area contributed by atoms with Crippen LogP contribution in [-0.4, -0.2) is 276 Å². The fourth-order valence-electron chi connectivity index (χ4n) is 10.6. The predicted octanol–water partition coefficient (Wildman–Crippen LogP) is -1.81.